The summed E-state index contributed by atoms with van der Waals surface area (Å²) < 4.78 is 34.9. The molecule has 2 fully saturated rings. The maximum Gasteiger partial charge on any atom is 0.387 e. The monoisotopic (exact) mass is 326 g/mol. The van der Waals surface area contributed by atoms with E-state index in [0.717, 1.165) is 0 Å². The largest absolute Gasteiger partial charge is 0.434 e. The Kier molecular flexibility index (Phi) is 4.16. The smallest absolute Gasteiger partial charge is 0.387 e. The molecule has 1 aromatic rings. The maximum atomic E-state index is 12.6. The number of halogens is 2. The van der Waals surface area contributed by atoms with Gasteiger partial charge in [0.1, 0.15) is 18.0 Å². The van der Waals surface area contributed by atoms with E-state index in [9.17, 15) is 18.4 Å². The molecule has 23 heavy (non-hydrogen) atoms. The van der Waals surface area contributed by atoms with Crippen LogP contribution >= 0.6 is 0 Å². The van der Waals surface area contributed by atoms with Gasteiger partial charge in [0, 0.05) is 13.1 Å². The molecule has 0 aromatic heterocycles. The van der Waals surface area contributed by atoms with E-state index >= 15 is 0 Å². The summed E-state index contributed by atoms with van der Waals surface area (Å²) >= 11 is 0. The summed E-state index contributed by atoms with van der Waals surface area (Å²) in [5.41, 5.74) is -0.507. The minimum absolute atomic E-state index is 0.0346. The van der Waals surface area contributed by atoms with E-state index in [0.29, 0.717) is 26.1 Å². The molecule has 0 bridgehead atoms. The number of nitrogens with one attached hydrogen (secondary N) is 1. The zero-order valence-electron chi connectivity index (χ0n) is 12.3. The second-order valence-electron chi connectivity index (χ2n) is 5.60. The number of benzene rings is 1. The number of carbonyl (C=O) groups is 2. The lowest BCUT2D eigenvalue weighted by molar-refractivity contribution is -0.141. The molecule has 6 nitrogen and oxygen atoms in total. The number of ether oxygens (including phenoxy) is 2. The summed E-state index contributed by atoms with van der Waals surface area (Å²) in [7, 11) is 0. The molecule has 1 aromatic carbocycles. The van der Waals surface area contributed by atoms with Crippen molar-refractivity contribution in [2.24, 2.45) is 0 Å². The molecule has 2 saturated heterocycles. The first-order chi connectivity index (χ1) is 11.0. The van der Waals surface area contributed by atoms with Crippen molar-refractivity contribution in [3.63, 3.8) is 0 Å². The lowest BCUT2D eigenvalue weighted by Gasteiger charge is -2.33. The van der Waals surface area contributed by atoms with Gasteiger partial charge in [-0.25, -0.2) is 0 Å². The first-order valence-corrected chi connectivity index (χ1v) is 7.23. The Morgan fingerprint density at radius 1 is 1.39 bits per heavy atom. The molecular weight excluding hydrogens is 310 g/mol. The topological polar surface area (TPSA) is 67.9 Å². The number of carbonyl (C=O) groups excluding carboxylic acids is 2. The first-order valence-electron chi connectivity index (χ1n) is 7.23. The maximum absolute atomic E-state index is 12.6. The number of amides is 2. The van der Waals surface area contributed by atoms with Gasteiger partial charge in [-0.2, -0.15) is 8.78 Å². The Morgan fingerprint density at radius 3 is 2.87 bits per heavy atom. The van der Waals surface area contributed by atoms with E-state index < -0.39 is 18.1 Å². The molecule has 124 valence electrons. The van der Waals surface area contributed by atoms with E-state index in [1.54, 1.807) is 6.07 Å². The zero-order chi connectivity index (χ0) is 16.4. The standard InChI is InChI=1S/C15H16F2N2O4/c16-14(17)23-11-4-2-1-3-10(11)13(21)19-6-5-15(9-19)8-18-12(20)7-22-15/h1-4,14H,5-9H2,(H,18,20). The van der Waals surface area contributed by atoms with Crippen LogP contribution in [0.5, 0.6) is 5.75 Å². The molecule has 2 aliphatic heterocycles. The Bertz CT molecular complexity index is 613. The fourth-order valence-electron chi connectivity index (χ4n) is 2.87. The van der Waals surface area contributed by atoms with Gasteiger partial charge in [-0.05, 0) is 18.6 Å². The van der Waals surface area contributed by atoms with Crippen LogP contribution in [0.15, 0.2) is 24.3 Å². The Labute approximate surface area is 131 Å². The highest BCUT2D eigenvalue weighted by Gasteiger charge is 2.44. The van der Waals surface area contributed by atoms with Crippen LogP contribution in [-0.2, 0) is 9.53 Å². The number of para-hydroxylation sites is 1. The van der Waals surface area contributed by atoms with E-state index in [-0.39, 0.29) is 23.8 Å². The molecule has 0 saturated carbocycles. The van der Waals surface area contributed by atoms with Gasteiger partial charge in [-0.3, -0.25) is 9.59 Å². The van der Waals surface area contributed by atoms with Crippen LogP contribution in [0.3, 0.4) is 0 Å². The highest BCUT2D eigenvalue weighted by atomic mass is 19.3. The molecule has 1 N–H and O–H groups in total. The molecule has 2 heterocycles. The third kappa shape index (κ3) is 3.26. The highest BCUT2D eigenvalue weighted by Crippen LogP contribution is 2.30. The molecule has 2 aliphatic rings. The third-order valence-corrected chi connectivity index (χ3v) is 4.05. The number of morpholine rings is 1. The van der Waals surface area contributed by atoms with Crippen LogP contribution < -0.4 is 10.1 Å². The predicted molar refractivity (Wildman–Crippen MR) is 75.3 cm³/mol. The Balaban J connectivity index is 1.73. The van der Waals surface area contributed by atoms with E-state index in [1.165, 1.54) is 23.1 Å². The van der Waals surface area contributed by atoms with Crippen LogP contribution in [-0.4, -0.2) is 55.2 Å². The van der Waals surface area contributed by atoms with Gasteiger partial charge in [0.2, 0.25) is 5.91 Å². The minimum Gasteiger partial charge on any atom is -0.434 e. The summed E-state index contributed by atoms with van der Waals surface area (Å²) in [5.74, 6) is -0.721. The number of hydrogen-bond acceptors (Lipinski definition) is 4. The minimum atomic E-state index is -2.99. The van der Waals surface area contributed by atoms with Crippen LogP contribution in [0, 0.1) is 0 Å². The number of rotatable bonds is 3. The molecule has 3 rings (SSSR count). The molecule has 1 unspecified atom stereocenters. The zero-order valence-corrected chi connectivity index (χ0v) is 12.3. The Morgan fingerprint density at radius 2 is 2.17 bits per heavy atom. The predicted octanol–water partition coefficient (Wildman–Crippen LogP) is 1.02. The second kappa shape index (κ2) is 6.11. The van der Waals surface area contributed by atoms with Crippen molar-refractivity contribution in [2.75, 3.05) is 26.2 Å². The van der Waals surface area contributed by atoms with Gasteiger partial charge in [0.25, 0.3) is 5.91 Å². The van der Waals surface area contributed by atoms with Gasteiger partial charge >= 0.3 is 6.61 Å². The lowest BCUT2D eigenvalue weighted by atomic mass is 10.0. The van der Waals surface area contributed by atoms with E-state index in [4.69, 9.17) is 4.74 Å². The SMILES string of the molecule is O=C1COC2(CCN(C(=O)c3ccccc3OC(F)F)C2)CN1. The van der Waals surface area contributed by atoms with Gasteiger partial charge in [-0.1, -0.05) is 12.1 Å². The van der Waals surface area contributed by atoms with Crippen molar-refractivity contribution in [2.45, 2.75) is 18.6 Å². The van der Waals surface area contributed by atoms with E-state index in [1.807, 2.05) is 0 Å². The van der Waals surface area contributed by atoms with Crippen LogP contribution in [0.25, 0.3) is 0 Å². The quantitative estimate of drug-likeness (QED) is 0.900. The van der Waals surface area contributed by atoms with Crippen molar-refractivity contribution in [1.82, 2.24) is 10.2 Å². The van der Waals surface area contributed by atoms with E-state index in [2.05, 4.69) is 10.1 Å². The number of nitrogens with zero attached hydrogens (tertiary/aromatic N) is 1. The van der Waals surface area contributed by atoms with Gasteiger partial charge in [-0.15, -0.1) is 0 Å². The average molecular weight is 326 g/mol. The van der Waals surface area contributed by atoms with Crippen molar-refractivity contribution >= 4 is 11.8 Å². The normalized spacial score (nSPS) is 24.1. The number of likely N-dealkylation sites (tertiary alicyclic amines) is 1. The van der Waals surface area contributed by atoms with Crippen molar-refractivity contribution < 1.29 is 27.8 Å². The lowest BCUT2D eigenvalue weighted by Crippen LogP contribution is -2.54. The molecule has 1 spiro atoms. The van der Waals surface area contributed by atoms with Crippen LogP contribution in [0.1, 0.15) is 16.8 Å². The van der Waals surface area contributed by atoms with Crippen molar-refractivity contribution in [1.29, 1.82) is 0 Å². The fraction of sp³-hybridized carbons (Fsp3) is 0.467. The highest BCUT2D eigenvalue weighted by molar-refractivity contribution is 5.97. The van der Waals surface area contributed by atoms with Crippen molar-refractivity contribution in [3.8, 4) is 5.75 Å². The summed E-state index contributed by atoms with van der Waals surface area (Å²) in [6, 6.07) is 5.91. The molecule has 8 heteroatoms. The van der Waals surface area contributed by atoms with Gasteiger partial charge in [0.05, 0.1) is 12.1 Å². The molecule has 2 amide bonds. The number of hydrogen-bond donors (Lipinski definition) is 1. The third-order valence-electron chi connectivity index (χ3n) is 4.05. The summed E-state index contributed by atoms with van der Waals surface area (Å²) in [6.45, 7) is -1.96. The molecular formula is C15H16F2N2O4. The van der Waals surface area contributed by atoms with Gasteiger partial charge < -0.3 is 19.7 Å². The average Bonchev–Trinajstić information content (AvgIpc) is 2.94. The van der Waals surface area contributed by atoms with Gasteiger partial charge in [0.15, 0.2) is 0 Å². The second-order valence-corrected chi connectivity index (χ2v) is 5.60. The number of alkyl halides is 2. The van der Waals surface area contributed by atoms with Crippen LogP contribution in [0.2, 0.25) is 0 Å². The Hall–Kier alpha value is -2.22. The van der Waals surface area contributed by atoms with Crippen molar-refractivity contribution in [3.05, 3.63) is 29.8 Å². The summed E-state index contributed by atoms with van der Waals surface area (Å²) in [4.78, 5) is 25.3. The first kappa shape index (κ1) is 15.7. The molecule has 1 atom stereocenters. The molecule has 0 aliphatic carbocycles. The summed E-state index contributed by atoms with van der Waals surface area (Å²) in [6.07, 6.45) is 0.580. The fourth-order valence-corrected chi connectivity index (χ4v) is 2.87. The molecule has 0 radical (unpaired) electrons. The van der Waals surface area contributed by atoms with Crippen LogP contribution in [0.4, 0.5) is 8.78 Å². The summed E-state index contributed by atoms with van der Waals surface area (Å²) in [5, 5.41) is 2.73.